The average Bonchev–Trinajstić information content (AvgIpc) is 3.02. The van der Waals surface area contributed by atoms with Crippen LogP contribution < -0.4 is 9.47 Å². The molecule has 0 bridgehead atoms. The summed E-state index contributed by atoms with van der Waals surface area (Å²) in [6.07, 6.45) is 0. The van der Waals surface area contributed by atoms with Crippen molar-refractivity contribution in [2.75, 3.05) is 7.11 Å². The van der Waals surface area contributed by atoms with Crippen LogP contribution in [0.4, 0.5) is 0 Å². The quantitative estimate of drug-likeness (QED) is 0.209. The predicted octanol–water partition coefficient (Wildman–Crippen LogP) is 10.5. The molecule has 6 aromatic rings. The highest BCUT2D eigenvalue weighted by Crippen LogP contribution is 2.39. The Hall–Kier alpha value is -5.08. The molecule has 6 aromatic carbocycles. The van der Waals surface area contributed by atoms with Crippen molar-refractivity contribution < 1.29 is 9.47 Å². The van der Waals surface area contributed by atoms with Gasteiger partial charge in [0.05, 0.1) is 7.11 Å². The van der Waals surface area contributed by atoms with Crippen LogP contribution in [0.25, 0.3) is 44.5 Å². The molecule has 0 aliphatic rings. The third-order valence-electron chi connectivity index (χ3n) is 7.15. The Kier molecular flexibility index (Phi) is 7.15. The van der Waals surface area contributed by atoms with Crippen molar-refractivity contribution in [1.82, 2.24) is 0 Å². The van der Waals surface area contributed by atoms with Crippen molar-refractivity contribution >= 4 is 0 Å². The van der Waals surface area contributed by atoms with Crippen molar-refractivity contribution in [3.05, 3.63) is 151 Å². The summed E-state index contributed by atoms with van der Waals surface area (Å²) >= 11 is 0. The first-order valence-corrected chi connectivity index (χ1v) is 13.5. The third kappa shape index (κ3) is 5.39. The maximum atomic E-state index is 6.47. The van der Waals surface area contributed by atoms with Gasteiger partial charge in [-0.15, -0.1) is 0 Å². The molecule has 0 amide bonds. The molecule has 40 heavy (non-hydrogen) atoms. The normalized spacial score (nSPS) is 10.8. The summed E-state index contributed by atoms with van der Waals surface area (Å²) in [6, 6.07) is 50.4. The van der Waals surface area contributed by atoms with E-state index in [2.05, 4.69) is 122 Å². The first-order valence-electron chi connectivity index (χ1n) is 13.5. The minimum absolute atomic E-state index is 0.802. The molecule has 0 spiro atoms. The summed E-state index contributed by atoms with van der Waals surface area (Å²) in [5.74, 6) is 2.47. The van der Waals surface area contributed by atoms with Gasteiger partial charge in [-0.2, -0.15) is 0 Å². The summed E-state index contributed by atoms with van der Waals surface area (Å²) in [5, 5.41) is 0. The Bertz CT molecular complexity index is 1720. The number of aryl methyl sites for hydroxylation is 1. The van der Waals surface area contributed by atoms with E-state index in [0.29, 0.717) is 0 Å². The lowest BCUT2D eigenvalue weighted by atomic mass is 9.95. The molecular formula is C38H30O2. The van der Waals surface area contributed by atoms with E-state index >= 15 is 0 Å². The maximum Gasteiger partial charge on any atom is 0.135 e. The van der Waals surface area contributed by atoms with Gasteiger partial charge in [0.1, 0.15) is 17.2 Å². The molecule has 0 saturated heterocycles. The number of ether oxygens (including phenoxy) is 2. The molecule has 0 aliphatic carbocycles. The number of methoxy groups -OCH3 is 1. The number of hydrogen-bond acceptors (Lipinski definition) is 2. The molecule has 0 unspecified atom stereocenters. The van der Waals surface area contributed by atoms with Crippen LogP contribution in [0, 0.1) is 6.92 Å². The number of hydrogen-bond donors (Lipinski definition) is 0. The zero-order valence-corrected chi connectivity index (χ0v) is 22.7. The second-order valence-electron chi connectivity index (χ2n) is 9.85. The van der Waals surface area contributed by atoms with E-state index < -0.39 is 0 Å². The van der Waals surface area contributed by atoms with Crippen molar-refractivity contribution in [3.63, 3.8) is 0 Å². The lowest BCUT2D eigenvalue weighted by Crippen LogP contribution is -1.92. The number of rotatable bonds is 7. The average molecular weight is 519 g/mol. The summed E-state index contributed by atoms with van der Waals surface area (Å²) in [4.78, 5) is 0. The van der Waals surface area contributed by atoms with E-state index in [1.807, 2.05) is 30.3 Å². The van der Waals surface area contributed by atoms with E-state index in [0.717, 1.165) is 50.6 Å². The molecule has 6 rings (SSSR count). The summed E-state index contributed by atoms with van der Waals surface area (Å²) in [6.45, 7) is 2.10. The molecular weight excluding hydrogens is 488 g/mol. The van der Waals surface area contributed by atoms with Crippen LogP contribution in [0.3, 0.4) is 0 Å². The maximum absolute atomic E-state index is 6.47. The van der Waals surface area contributed by atoms with Crippen LogP contribution in [0.15, 0.2) is 146 Å². The lowest BCUT2D eigenvalue weighted by molar-refractivity contribution is 0.416. The van der Waals surface area contributed by atoms with Crippen molar-refractivity contribution in [2.24, 2.45) is 0 Å². The fraction of sp³-hybridized carbons (Fsp3) is 0.0526. The van der Waals surface area contributed by atoms with Crippen LogP contribution >= 0.6 is 0 Å². The SMILES string of the molecule is COc1ccc(-c2ccc(Oc3ccc(-c4ccc(C)cc4)cc3)c(-c3ccccc3)c2)cc1-c1ccccc1. The lowest BCUT2D eigenvalue weighted by Gasteiger charge is -2.15. The molecule has 0 aliphatic heterocycles. The Morgan fingerprint density at radius 3 is 1.38 bits per heavy atom. The second-order valence-corrected chi connectivity index (χ2v) is 9.85. The van der Waals surface area contributed by atoms with Gasteiger partial charge < -0.3 is 9.47 Å². The first kappa shape index (κ1) is 25.2. The molecule has 0 atom stereocenters. The Labute approximate surface area is 236 Å². The third-order valence-corrected chi connectivity index (χ3v) is 7.15. The molecule has 194 valence electrons. The van der Waals surface area contributed by atoms with E-state index in [9.17, 15) is 0 Å². The van der Waals surface area contributed by atoms with Gasteiger partial charge in [-0.3, -0.25) is 0 Å². The number of benzene rings is 6. The first-order chi connectivity index (χ1) is 19.7. The van der Waals surface area contributed by atoms with Gasteiger partial charge in [0.2, 0.25) is 0 Å². The summed E-state index contributed by atoms with van der Waals surface area (Å²) in [5.41, 5.74) is 10.2. The van der Waals surface area contributed by atoms with Crippen LogP contribution in [0.2, 0.25) is 0 Å². The van der Waals surface area contributed by atoms with Gasteiger partial charge in [0.25, 0.3) is 0 Å². The van der Waals surface area contributed by atoms with Gasteiger partial charge in [-0.25, -0.2) is 0 Å². The van der Waals surface area contributed by atoms with E-state index in [1.54, 1.807) is 7.11 Å². The Morgan fingerprint density at radius 2 is 0.850 bits per heavy atom. The van der Waals surface area contributed by atoms with Crippen molar-refractivity contribution in [2.45, 2.75) is 6.92 Å². The van der Waals surface area contributed by atoms with Gasteiger partial charge in [-0.1, -0.05) is 115 Å². The highest BCUT2D eigenvalue weighted by molar-refractivity contribution is 5.82. The standard InChI is InChI=1S/C38H30O2/c1-27-13-15-28(16-14-27)29-17-21-34(22-18-29)40-38-24-20-33(26-36(38)31-11-7-4-8-12-31)32-19-23-37(39-2)35(25-32)30-9-5-3-6-10-30/h3-26H,1-2H3. The fourth-order valence-corrected chi connectivity index (χ4v) is 4.96. The molecule has 0 heterocycles. The molecule has 0 N–H and O–H groups in total. The molecule has 2 heteroatoms. The summed E-state index contributed by atoms with van der Waals surface area (Å²) < 4.78 is 12.2. The van der Waals surface area contributed by atoms with Crippen LogP contribution in [-0.2, 0) is 0 Å². The van der Waals surface area contributed by atoms with Crippen molar-refractivity contribution in [3.8, 4) is 61.8 Å². The van der Waals surface area contributed by atoms with Gasteiger partial charge in [0.15, 0.2) is 0 Å². The smallest absolute Gasteiger partial charge is 0.135 e. The fourth-order valence-electron chi connectivity index (χ4n) is 4.96. The minimum Gasteiger partial charge on any atom is -0.496 e. The van der Waals surface area contributed by atoms with Gasteiger partial charge in [0, 0.05) is 11.1 Å². The molecule has 0 saturated carbocycles. The zero-order valence-electron chi connectivity index (χ0n) is 22.7. The largest absolute Gasteiger partial charge is 0.496 e. The molecule has 0 radical (unpaired) electrons. The van der Waals surface area contributed by atoms with Crippen LogP contribution in [0.5, 0.6) is 17.2 Å². The monoisotopic (exact) mass is 518 g/mol. The summed E-state index contributed by atoms with van der Waals surface area (Å²) in [7, 11) is 1.72. The molecule has 0 fully saturated rings. The van der Waals surface area contributed by atoms with Crippen LogP contribution in [-0.4, -0.2) is 7.11 Å². The topological polar surface area (TPSA) is 18.5 Å². The minimum atomic E-state index is 0.802. The molecule has 2 nitrogen and oxygen atoms in total. The highest BCUT2D eigenvalue weighted by Gasteiger charge is 2.13. The Morgan fingerprint density at radius 1 is 0.400 bits per heavy atom. The van der Waals surface area contributed by atoms with E-state index in [4.69, 9.17) is 9.47 Å². The molecule has 0 aromatic heterocycles. The second kappa shape index (κ2) is 11.3. The van der Waals surface area contributed by atoms with E-state index in [-0.39, 0.29) is 0 Å². The zero-order chi connectivity index (χ0) is 27.3. The predicted molar refractivity (Wildman–Crippen MR) is 166 cm³/mol. The van der Waals surface area contributed by atoms with Gasteiger partial charge in [-0.05, 0) is 76.7 Å². The van der Waals surface area contributed by atoms with Gasteiger partial charge >= 0.3 is 0 Å². The highest BCUT2D eigenvalue weighted by atomic mass is 16.5. The Balaban J connectivity index is 1.36. The van der Waals surface area contributed by atoms with E-state index in [1.165, 1.54) is 16.7 Å². The van der Waals surface area contributed by atoms with Crippen molar-refractivity contribution in [1.29, 1.82) is 0 Å². The van der Waals surface area contributed by atoms with Crippen LogP contribution in [0.1, 0.15) is 5.56 Å².